The van der Waals surface area contributed by atoms with E-state index in [0.717, 1.165) is 17.1 Å². The molecular weight excluding hydrogens is 282 g/mol. The van der Waals surface area contributed by atoms with Crippen molar-refractivity contribution in [2.75, 3.05) is 5.32 Å². The second kappa shape index (κ2) is 5.16. The summed E-state index contributed by atoms with van der Waals surface area (Å²) in [7, 11) is 0. The molecular formula is C14H14ClNS2. The zero-order valence-electron chi connectivity index (χ0n) is 10.0. The Morgan fingerprint density at radius 3 is 3.06 bits per heavy atom. The van der Waals surface area contributed by atoms with E-state index >= 15 is 0 Å². The Balaban J connectivity index is 1.86. The van der Waals surface area contributed by atoms with Gasteiger partial charge in [-0.25, -0.2) is 0 Å². The van der Waals surface area contributed by atoms with Crippen LogP contribution in [0.3, 0.4) is 0 Å². The largest absolute Gasteiger partial charge is 0.378 e. The molecule has 0 bridgehead atoms. The van der Waals surface area contributed by atoms with Gasteiger partial charge in [-0.05, 0) is 41.6 Å². The normalized spacial score (nSPS) is 22.6. The third-order valence-corrected chi connectivity index (χ3v) is 5.65. The summed E-state index contributed by atoms with van der Waals surface area (Å²) in [5.74, 6) is 0. The van der Waals surface area contributed by atoms with E-state index in [-0.39, 0.29) is 0 Å². The summed E-state index contributed by atoms with van der Waals surface area (Å²) in [4.78, 5) is 0. The fourth-order valence-electron chi connectivity index (χ4n) is 2.27. The van der Waals surface area contributed by atoms with Gasteiger partial charge in [0, 0.05) is 16.0 Å². The summed E-state index contributed by atoms with van der Waals surface area (Å²) in [6.07, 6.45) is 1.15. The van der Waals surface area contributed by atoms with Crippen LogP contribution in [-0.4, -0.2) is 5.25 Å². The van der Waals surface area contributed by atoms with Crippen molar-refractivity contribution in [1.82, 2.24) is 0 Å². The van der Waals surface area contributed by atoms with Gasteiger partial charge in [-0.3, -0.25) is 0 Å². The van der Waals surface area contributed by atoms with E-state index in [2.05, 4.69) is 29.8 Å². The van der Waals surface area contributed by atoms with Crippen molar-refractivity contribution in [3.05, 3.63) is 46.3 Å². The topological polar surface area (TPSA) is 12.0 Å². The zero-order chi connectivity index (χ0) is 12.5. The number of nitrogens with one attached hydrogen (secondary N) is 1. The van der Waals surface area contributed by atoms with Crippen molar-refractivity contribution >= 4 is 40.4 Å². The van der Waals surface area contributed by atoms with Crippen LogP contribution in [0, 0.1) is 0 Å². The first kappa shape index (κ1) is 12.4. The van der Waals surface area contributed by atoms with E-state index in [0.29, 0.717) is 11.3 Å². The number of rotatable bonds is 2. The molecule has 0 saturated carbocycles. The lowest BCUT2D eigenvalue weighted by atomic mass is 10.0. The number of thiophene rings is 1. The highest BCUT2D eigenvalue weighted by molar-refractivity contribution is 8.01. The summed E-state index contributed by atoms with van der Waals surface area (Å²) in [5, 5.41) is 7.23. The number of fused-ring (bicyclic) bond motifs is 1. The monoisotopic (exact) mass is 295 g/mol. The molecule has 0 saturated heterocycles. The van der Waals surface area contributed by atoms with Crippen LogP contribution in [0.25, 0.3) is 0 Å². The first-order chi connectivity index (χ1) is 8.72. The molecule has 4 heteroatoms. The molecule has 1 aliphatic heterocycles. The fourth-order valence-corrected chi connectivity index (χ4v) is 5.02. The van der Waals surface area contributed by atoms with Gasteiger partial charge in [-0.1, -0.05) is 24.6 Å². The van der Waals surface area contributed by atoms with E-state index in [1.807, 2.05) is 41.3 Å². The lowest BCUT2D eigenvalue weighted by Crippen LogP contribution is -2.18. The maximum Gasteiger partial charge on any atom is 0.0653 e. The van der Waals surface area contributed by atoms with Crippen molar-refractivity contribution in [3.8, 4) is 0 Å². The molecule has 2 heterocycles. The standard InChI is InChI=1S/C14H14ClNS2/c1-9-7-13(12-5-6-17-14(12)18-9)16-11-4-2-3-10(15)8-11/h2-6,8-9,13,16H,7H2,1H3/t9-,13?/m0/s1. The first-order valence-electron chi connectivity index (χ1n) is 5.98. The van der Waals surface area contributed by atoms with Crippen LogP contribution in [0.1, 0.15) is 24.9 Å². The molecule has 1 unspecified atom stereocenters. The highest BCUT2D eigenvalue weighted by atomic mass is 35.5. The number of anilines is 1. The second-order valence-corrected chi connectivity index (χ2v) is 7.59. The second-order valence-electron chi connectivity index (χ2n) is 4.53. The number of thioether (sulfide) groups is 1. The summed E-state index contributed by atoms with van der Waals surface area (Å²) in [6, 6.07) is 10.6. The molecule has 1 nitrogen and oxygen atoms in total. The zero-order valence-corrected chi connectivity index (χ0v) is 12.4. The molecule has 2 atom stereocenters. The minimum atomic E-state index is 0.404. The Labute approximate surface area is 121 Å². The molecule has 0 spiro atoms. The average molecular weight is 296 g/mol. The van der Waals surface area contributed by atoms with Crippen molar-refractivity contribution in [3.63, 3.8) is 0 Å². The molecule has 18 heavy (non-hydrogen) atoms. The van der Waals surface area contributed by atoms with E-state index < -0.39 is 0 Å². The van der Waals surface area contributed by atoms with Crippen LogP contribution in [0.5, 0.6) is 0 Å². The maximum absolute atomic E-state index is 6.03. The van der Waals surface area contributed by atoms with E-state index in [4.69, 9.17) is 11.6 Å². The molecule has 1 N–H and O–H groups in total. The molecule has 0 amide bonds. The molecule has 1 aliphatic rings. The number of hydrogen-bond acceptors (Lipinski definition) is 3. The van der Waals surface area contributed by atoms with Gasteiger partial charge in [0.2, 0.25) is 0 Å². The number of hydrogen-bond donors (Lipinski definition) is 1. The molecule has 1 aromatic carbocycles. The van der Waals surface area contributed by atoms with Crippen molar-refractivity contribution in [2.24, 2.45) is 0 Å². The molecule has 0 radical (unpaired) electrons. The third-order valence-electron chi connectivity index (χ3n) is 3.08. The van der Waals surface area contributed by atoms with Gasteiger partial charge >= 0.3 is 0 Å². The SMILES string of the molecule is C[C@H]1CC(Nc2cccc(Cl)c2)c2ccsc2S1. The van der Waals surface area contributed by atoms with Crippen LogP contribution in [-0.2, 0) is 0 Å². The van der Waals surface area contributed by atoms with Crippen LogP contribution in [0.15, 0.2) is 39.9 Å². The summed E-state index contributed by atoms with van der Waals surface area (Å²) in [5.41, 5.74) is 2.53. The highest BCUT2D eigenvalue weighted by Gasteiger charge is 2.26. The van der Waals surface area contributed by atoms with Gasteiger partial charge in [0.05, 0.1) is 10.3 Å². The Hall–Kier alpha value is -0.640. The highest BCUT2D eigenvalue weighted by Crippen LogP contribution is 2.44. The minimum Gasteiger partial charge on any atom is -0.378 e. The van der Waals surface area contributed by atoms with Crippen LogP contribution >= 0.6 is 34.7 Å². The van der Waals surface area contributed by atoms with Gasteiger partial charge in [-0.15, -0.1) is 23.1 Å². The Bertz CT molecular complexity index is 552. The predicted octanol–water partition coefficient (Wildman–Crippen LogP) is 5.44. The number of halogens is 1. The molecule has 0 fully saturated rings. The van der Waals surface area contributed by atoms with E-state index in [1.54, 1.807) is 0 Å². The maximum atomic E-state index is 6.03. The Morgan fingerprint density at radius 1 is 1.33 bits per heavy atom. The third kappa shape index (κ3) is 2.53. The van der Waals surface area contributed by atoms with Gasteiger partial charge in [-0.2, -0.15) is 0 Å². The molecule has 3 rings (SSSR count). The fraction of sp³-hybridized carbons (Fsp3) is 0.286. The lowest BCUT2D eigenvalue weighted by Gasteiger charge is -2.28. The van der Waals surface area contributed by atoms with Crippen molar-refractivity contribution in [2.45, 2.75) is 28.8 Å². The van der Waals surface area contributed by atoms with Crippen LogP contribution in [0.2, 0.25) is 5.02 Å². The molecule has 1 aromatic heterocycles. The quantitative estimate of drug-likeness (QED) is 0.792. The van der Waals surface area contributed by atoms with Gasteiger partial charge in [0.25, 0.3) is 0 Å². The van der Waals surface area contributed by atoms with E-state index in [1.165, 1.54) is 9.77 Å². The van der Waals surface area contributed by atoms with Gasteiger partial charge in [0.1, 0.15) is 0 Å². The summed E-state index contributed by atoms with van der Waals surface area (Å²) < 4.78 is 1.45. The predicted molar refractivity (Wildman–Crippen MR) is 82.1 cm³/mol. The number of benzene rings is 1. The minimum absolute atomic E-state index is 0.404. The summed E-state index contributed by atoms with van der Waals surface area (Å²) in [6.45, 7) is 2.29. The first-order valence-corrected chi connectivity index (χ1v) is 8.12. The Kier molecular flexibility index (Phi) is 3.55. The lowest BCUT2D eigenvalue weighted by molar-refractivity contribution is 0.670. The summed E-state index contributed by atoms with van der Waals surface area (Å²) >= 11 is 9.86. The molecule has 2 aromatic rings. The van der Waals surface area contributed by atoms with E-state index in [9.17, 15) is 0 Å². The molecule has 0 aliphatic carbocycles. The smallest absolute Gasteiger partial charge is 0.0653 e. The van der Waals surface area contributed by atoms with Crippen LogP contribution in [0.4, 0.5) is 5.69 Å². The molecule has 94 valence electrons. The van der Waals surface area contributed by atoms with Gasteiger partial charge < -0.3 is 5.32 Å². The van der Waals surface area contributed by atoms with Gasteiger partial charge in [0.15, 0.2) is 0 Å². The van der Waals surface area contributed by atoms with Crippen molar-refractivity contribution in [1.29, 1.82) is 0 Å². The van der Waals surface area contributed by atoms with Crippen molar-refractivity contribution < 1.29 is 0 Å². The van der Waals surface area contributed by atoms with Crippen LogP contribution < -0.4 is 5.32 Å². The average Bonchev–Trinajstić information content (AvgIpc) is 2.77. The Morgan fingerprint density at radius 2 is 2.22 bits per heavy atom.